The van der Waals surface area contributed by atoms with Crippen molar-refractivity contribution in [2.75, 3.05) is 18.0 Å². The number of halogens is 4. The van der Waals surface area contributed by atoms with Crippen LogP contribution >= 0.6 is 0 Å². The highest BCUT2D eigenvalue weighted by Crippen LogP contribution is 2.28. The standard InChI is InChI=1S/C21H19F4N9O/c22-14-3-1-12(2-4-14)18-27-15(28-30-18)11-26-19(35)13-7-9-33(10-8-13)17-6-5-16-29-31-20(21(23,24)25)34(16)32-17/h1-6,13H,7-11H2,(H,26,35)(H,27,28,30). The molecule has 3 aromatic heterocycles. The van der Waals surface area contributed by atoms with E-state index in [9.17, 15) is 22.4 Å². The average molecular weight is 489 g/mol. The summed E-state index contributed by atoms with van der Waals surface area (Å²) in [6.07, 6.45) is -3.65. The van der Waals surface area contributed by atoms with Gasteiger partial charge in [-0.1, -0.05) is 0 Å². The van der Waals surface area contributed by atoms with Crippen LogP contribution in [0.3, 0.4) is 0 Å². The van der Waals surface area contributed by atoms with Crippen LogP contribution in [0.5, 0.6) is 0 Å². The largest absolute Gasteiger partial charge is 0.453 e. The van der Waals surface area contributed by atoms with E-state index in [0.29, 0.717) is 53.5 Å². The van der Waals surface area contributed by atoms with E-state index in [0.717, 1.165) is 0 Å². The summed E-state index contributed by atoms with van der Waals surface area (Å²) in [5, 5.41) is 20.4. The molecule has 0 radical (unpaired) electrons. The highest BCUT2D eigenvalue weighted by molar-refractivity contribution is 5.78. The minimum Gasteiger partial charge on any atom is -0.355 e. The van der Waals surface area contributed by atoms with E-state index >= 15 is 0 Å². The Hall–Kier alpha value is -4.10. The lowest BCUT2D eigenvalue weighted by Crippen LogP contribution is -2.41. The minimum absolute atomic E-state index is 0.00494. The zero-order valence-electron chi connectivity index (χ0n) is 18.1. The zero-order chi connectivity index (χ0) is 24.6. The maximum Gasteiger partial charge on any atom is 0.453 e. The topological polar surface area (TPSA) is 117 Å². The van der Waals surface area contributed by atoms with E-state index in [4.69, 9.17) is 0 Å². The second-order valence-corrected chi connectivity index (χ2v) is 8.07. The summed E-state index contributed by atoms with van der Waals surface area (Å²) in [6, 6.07) is 8.78. The SMILES string of the molecule is O=C(NCc1nc(-c2ccc(F)cc2)n[nH]1)C1CCN(c2ccc3nnc(C(F)(F)F)n3n2)CC1. The summed E-state index contributed by atoms with van der Waals surface area (Å²) >= 11 is 0. The summed E-state index contributed by atoms with van der Waals surface area (Å²) in [7, 11) is 0. The number of piperidine rings is 1. The zero-order valence-corrected chi connectivity index (χ0v) is 18.1. The lowest BCUT2D eigenvalue weighted by Gasteiger charge is -2.32. The Balaban J connectivity index is 1.16. The van der Waals surface area contributed by atoms with E-state index in [1.807, 2.05) is 4.90 Å². The molecule has 0 aliphatic carbocycles. The molecule has 14 heteroatoms. The smallest absolute Gasteiger partial charge is 0.355 e. The van der Waals surface area contributed by atoms with Crippen LogP contribution < -0.4 is 10.2 Å². The fraction of sp³-hybridized carbons (Fsp3) is 0.333. The fourth-order valence-corrected chi connectivity index (χ4v) is 3.91. The Labute approximate surface area is 195 Å². The van der Waals surface area contributed by atoms with Gasteiger partial charge >= 0.3 is 6.18 Å². The van der Waals surface area contributed by atoms with Crippen LogP contribution in [0.1, 0.15) is 24.5 Å². The number of carbonyl (C=O) groups excluding carboxylic acids is 1. The predicted octanol–water partition coefficient (Wildman–Crippen LogP) is 2.60. The normalized spacial score (nSPS) is 15.0. The number of nitrogens with one attached hydrogen (secondary N) is 2. The summed E-state index contributed by atoms with van der Waals surface area (Å²) < 4.78 is 53.1. The lowest BCUT2D eigenvalue weighted by atomic mass is 9.96. The summed E-state index contributed by atoms with van der Waals surface area (Å²) in [5.74, 6) is -0.726. The summed E-state index contributed by atoms with van der Waals surface area (Å²) in [4.78, 5) is 18.8. The number of carbonyl (C=O) groups is 1. The number of hydrogen-bond acceptors (Lipinski definition) is 7. The molecule has 4 aromatic rings. The summed E-state index contributed by atoms with van der Waals surface area (Å²) in [6.45, 7) is 1.06. The molecule has 1 aliphatic heterocycles. The van der Waals surface area contributed by atoms with Gasteiger partial charge < -0.3 is 10.2 Å². The Morgan fingerprint density at radius 1 is 1.09 bits per heavy atom. The first-order valence-corrected chi connectivity index (χ1v) is 10.8. The second-order valence-electron chi connectivity index (χ2n) is 8.07. The molecular formula is C21H19F4N9O. The monoisotopic (exact) mass is 489 g/mol. The van der Waals surface area contributed by atoms with Crippen molar-refractivity contribution < 1.29 is 22.4 Å². The number of hydrogen-bond donors (Lipinski definition) is 2. The molecule has 0 saturated carbocycles. The lowest BCUT2D eigenvalue weighted by molar-refractivity contribution is -0.146. The Bertz CT molecular complexity index is 1340. The number of alkyl halides is 3. The average Bonchev–Trinajstić information content (AvgIpc) is 3.50. The molecular weight excluding hydrogens is 470 g/mol. The van der Waals surface area contributed by atoms with Gasteiger partial charge in [0.25, 0.3) is 5.82 Å². The van der Waals surface area contributed by atoms with Crippen LogP contribution in [0.2, 0.25) is 0 Å². The Morgan fingerprint density at radius 3 is 2.54 bits per heavy atom. The van der Waals surface area contributed by atoms with Gasteiger partial charge in [0.2, 0.25) is 5.91 Å². The van der Waals surface area contributed by atoms with Crippen LogP contribution in [-0.4, -0.2) is 54.0 Å². The van der Waals surface area contributed by atoms with Crippen LogP contribution in [-0.2, 0) is 17.5 Å². The van der Waals surface area contributed by atoms with Gasteiger partial charge in [-0.15, -0.1) is 15.3 Å². The predicted molar refractivity (Wildman–Crippen MR) is 114 cm³/mol. The van der Waals surface area contributed by atoms with Gasteiger partial charge in [-0.2, -0.15) is 22.8 Å². The molecule has 1 aromatic carbocycles. The van der Waals surface area contributed by atoms with E-state index in [1.165, 1.54) is 18.2 Å². The van der Waals surface area contributed by atoms with Crippen LogP contribution in [0.4, 0.5) is 23.4 Å². The summed E-state index contributed by atoms with van der Waals surface area (Å²) in [5.41, 5.74) is 0.651. The molecule has 1 amide bonds. The van der Waals surface area contributed by atoms with Gasteiger partial charge in [0.05, 0.1) is 6.54 Å². The number of fused-ring (bicyclic) bond motifs is 1. The van der Waals surface area contributed by atoms with Gasteiger partial charge in [0.1, 0.15) is 17.5 Å². The molecule has 1 fully saturated rings. The highest BCUT2D eigenvalue weighted by Gasteiger charge is 2.38. The third-order valence-corrected chi connectivity index (χ3v) is 5.76. The van der Waals surface area contributed by atoms with Crippen molar-refractivity contribution in [3.63, 3.8) is 0 Å². The number of amides is 1. The first kappa shape index (κ1) is 22.7. The number of benzene rings is 1. The van der Waals surface area contributed by atoms with Crippen molar-refractivity contribution in [3.05, 3.63) is 53.9 Å². The molecule has 10 nitrogen and oxygen atoms in total. The fourth-order valence-electron chi connectivity index (χ4n) is 3.91. The van der Waals surface area contributed by atoms with Gasteiger partial charge in [-0.05, 0) is 49.2 Å². The van der Waals surface area contributed by atoms with E-state index in [2.05, 4.69) is 35.8 Å². The van der Waals surface area contributed by atoms with Gasteiger partial charge in [-0.3, -0.25) is 9.89 Å². The maximum absolute atomic E-state index is 13.1. The van der Waals surface area contributed by atoms with Crippen LogP contribution in [0.25, 0.3) is 17.0 Å². The number of rotatable bonds is 5. The van der Waals surface area contributed by atoms with Crippen molar-refractivity contribution in [2.24, 2.45) is 5.92 Å². The van der Waals surface area contributed by atoms with Gasteiger partial charge in [0.15, 0.2) is 11.5 Å². The molecule has 1 saturated heterocycles. The molecule has 0 atom stereocenters. The maximum atomic E-state index is 13.1. The van der Waals surface area contributed by atoms with E-state index < -0.39 is 12.0 Å². The van der Waals surface area contributed by atoms with Crippen LogP contribution in [0.15, 0.2) is 36.4 Å². The molecule has 1 aliphatic rings. The van der Waals surface area contributed by atoms with Crippen molar-refractivity contribution >= 4 is 17.4 Å². The molecule has 5 rings (SSSR count). The van der Waals surface area contributed by atoms with Crippen molar-refractivity contribution in [1.82, 2.24) is 40.3 Å². The molecule has 0 spiro atoms. The van der Waals surface area contributed by atoms with Crippen molar-refractivity contribution in [1.29, 1.82) is 0 Å². The third-order valence-electron chi connectivity index (χ3n) is 5.76. The molecule has 4 heterocycles. The highest BCUT2D eigenvalue weighted by atomic mass is 19.4. The van der Waals surface area contributed by atoms with Crippen molar-refractivity contribution in [2.45, 2.75) is 25.6 Å². The molecule has 0 unspecified atom stereocenters. The van der Waals surface area contributed by atoms with Gasteiger partial charge in [-0.25, -0.2) is 9.37 Å². The molecule has 2 N–H and O–H groups in total. The van der Waals surface area contributed by atoms with E-state index in [1.54, 1.807) is 18.2 Å². The first-order valence-electron chi connectivity index (χ1n) is 10.8. The molecule has 35 heavy (non-hydrogen) atoms. The Morgan fingerprint density at radius 2 is 1.83 bits per heavy atom. The molecule has 0 bridgehead atoms. The number of aromatic amines is 1. The number of aromatic nitrogens is 7. The molecule has 182 valence electrons. The number of anilines is 1. The second kappa shape index (κ2) is 8.92. The van der Waals surface area contributed by atoms with Gasteiger partial charge in [0, 0.05) is 24.6 Å². The number of nitrogens with zero attached hydrogens (tertiary/aromatic N) is 7. The van der Waals surface area contributed by atoms with Crippen LogP contribution in [0, 0.1) is 11.7 Å². The quantitative estimate of drug-likeness (QED) is 0.414. The third kappa shape index (κ3) is 4.76. The first-order chi connectivity index (χ1) is 16.8. The minimum atomic E-state index is -4.67. The number of H-pyrrole nitrogens is 1. The van der Waals surface area contributed by atoms with Crippen molar-refractivity contribution in [3.8, 4) is 11.4 Å². The van der Waals surface area contributed by atoms with E-state index in [-0.39, 0.29) is 29.8 Å². The Kier molecular flexibility index (Phi) is 5.78.